The van der Waals surface area contributed by atoms with Gasteiger partial charge in [-0.1, -0.05) is 18.2 Å². The molecular weight excluding hydrogens is 371 g/mol. The molecule has 0 aromatic heterocycles. The van der Waals surface area contributed by atoms with Gasteiger partial charge in [0, 0.05) is 11.3 Å². The Morgan fingerprint density at radius 3 is 1.93 bits per heavy atom. The summed E-state index contributed by atoms with van der Waals surface area (Å²) in [5.74, 6) is -0.852. The molecule has 142 valence electrons. The van der Waals surface area contributed by atoms with Crippen molar-refractivity contribution >= 4 is 23.0 Å². The summed E-state index contributed by atoms with van der Waals surface area (Å²) in [7, 11) is 0. The van der Waals surface area contributed by atoms with Crippen LogP contribution in [0.5, 0.6) is 5.75 Å². The van der Waals surface area contributed by atoms with Gasteiger partial charge in [-0.15, -0.1) is 13.2 Å². The molecule has 0 spiro atoms. The van der Waals surface area contributed by atoms with Crippen molar-refractivity contribution in [1.29, 1.82) is 0 Å². The maximum atomic E-state index is 12.2. The lowest BCUT2D eigenvalue weighted by Gasteiger charge is -2.09. The zero-order valence-corrected chi connectivity index (χ0v) is 14.4. The maximum absolute atomic E-state index is 12.2. The molecule has 0 atom stereocenters. The van der Waals surface area contributed by atoms with Gasteiger partial charge < -0.3 is 10.1 Å². The van der Waals surface area contributed by atoms with Crippen LogP contribution in [0.2, 0.25) is 0 Å². The van der Waals surface area contributed by atoms with Gasteiger partial charge >= 0.3 is 6.36 Å². The molecule has 8 heteroatoms. The lowest BCUT2D eigenvalue weighted by atomic mass is 10.2. The van der Waals surface area contributed by atoms with E-state index in [0.29, 0.717) is 11.4 Å². The summed E-state index contributed by atoms with van der Waals surface area (Å²) < 4.78 is 40.2. The minimum Gasteiger partial charge on any atom is -0.406 e. The van der Waals surface area contributed by atoms with Crippen molar-refractivity contribution in [1.82, 2.24) is 0 Å². The first-order chi connectivity index (χ1) is 13.4. The Bertz CT molecular complexity index is 955. The predicted octanol–water partition coefficient (Wildman–Crippen LogP) is 6.25. The molecular formula is C20H14F3N3O2. The van der Waals surface area contributed by atoms with Crippen LogP contribution in [-0.2, 0) is 0 Å². The number of anilines is 1. The fraction of sp³-hybridized carbons (Fsp3) is 0.0500. The standard InChI is InChI=1S/C20H14F3N3O2/c21-20(22,23)28-18-12-6-14(7-13-18)19(27)24-15-8-10-17(11-9-15)26-25-16-4-2-1-3-5-16/h1-13H,(H,24,27). The second-order valence-electron chi connectivity index (χ2n) is 5.61. The van der Waals surface area contributed by atoms with Crippen LogP contribution in [0.15, 0.2) is 89.1 Å². The van der Waals surface area contributed by atoms with Crippen molar-refractivity contribution in [3.8, 4) is 5.75 Å². The molecule has 3 rings (SSSR count). The van der Waals surface area contributed by atoms with E-state index in [2.05, 4.69) is 20.3 Å². The van der Waals surface area contributed by atoms with Crippen LogP contribution in [0.4, 0.5) is 30.2 Å². The fourth-order valence-corrected chi connectivity index (χ4v) is 2.23. The summed E-state index contributed by atoms with van der Waals surface area (Å²) in [5.41, 5.74) is 2.04. The summed E-state index contributed by atoms with van der Waals surface area (Å²) >= 11 is 0. The van der Waals surface area contributed by atoms with Crippen molar-refractivity contribution in [2.45, 2.75) is 6.36 Å². The molecule has 5 nitrogen and oxygen atoms in total. The number of benzene rings is 3. The molecule has 0 aliphatic heterocycles. The van der Waals surface area contributed by atoms with Gasteiger partial charge in [0.25, 0.3) is 5.91 Å². The number of carbonyl (C=O) groups is 1. The smallest absolute Gasteiger partial charge is 0.406 e. The van der Waals surface area contributed by atoms with Crippen LogP contribution in [0.25, 0.3) is 0 Å². The van der Waals surface area contributed by atoms with Crippen LogP contribution < -0.4 is 10.1 Å². The van der Waals surface area contributed by atoms with Crippen molar-refractivity contribution in [2.75, 3.05) is 5.32 Å². The monoisotopic (exact) mass is 385 g/mol. The summed E-state index contributed by atoms with van der Waals surface area (Å²) in [5, 5.41) is 10.8. The van der Waals surface area contributed by atoms with Gasteiger partial charge in [0.05, 0.1) is 11.4 Å². The third kappa shape index (κ3) is 5.66. The Morgan fingerprint density at radius 1 is 0.786 bits per heavy atom. The molecule has 0 saturated carbocycles. The number of carbonyl (C=O) groups excluding carboxylic acids is 1. The zero-order chi connectivity index (χ0) is 20.0. The molecule has 0 aliphatic rings. The van der Waals surface area contributed by atoms with Crippen molar-refractivity contribution in [3.05, 3.63) is 84.4 Å². The van der Waals surface area contributed by atoms with E-state index in [1.807, 2.05) is 30.3 Å². The molecule has 0 saturated heterocycles. The summed E-state index contributed by atoms with van der Waals surface area (Å²) in [6.45, 7) is 0. The summed E-state index contributed by atoms with van der Waals surface area (Å²) in [4.78, 5) is 12.2. The molecule has 1 amide bonds. The lowest BCUT2D eigenvalue weighted by molar-refractivity contribution is -0.274. The molecule has 28 heavy (non-hydrogen) atoms. The Balaban J connectivity index is 1.60. The number of halogens is 3. The average molecular weight is 385 g/mol. The first-order valence-electron chi connectivity index (χ1n) is 8.13. The summed E-state index contributed by atoms with van der Waals surface area (Å²) in [6.07, 6.45) is -4.77. The highest BCUT2D eigenvalue weighted by Crippen LogP contribution is 2.24. The molecule has 0 unspecified atom stereocenters. The van der Waals surface area contributed by atoms with E-state index < -0.39 is 18.0 Å². The number of amides is 1. The normalized spacial score (nSPS) is 11.4. The molecule has 0 heterocycles. The third-order valence-corrected chi connectivity index (χ3v) is 3.51. The van der Waals surface area contributed by atoms with Gasteiger partial charge in [0.1, 0.15) is 5.75 Å². The van der Waals surface area contributed by atoms with Gasteiger partial charge in [-0.05, 0) is 60.7 Å². The molecule has 0 fully saturated rings. The first-order valence-corrected chi connectivity index (χ1v) is 8.13. The Labute approximate surface area is 158 Å². The van der Waals surface area contributed by atoms with Crippen LogP contribution >= 0.6 is 0 Å². The first kappa shape index (κ1) is 19.1. The second kappa shape index (κ2) is 8.34. The maximum Gasteiger partial charge on any atom is 0.573 e. The van der Waals surface area contributed by atoms with Crippen molar-refractivity contribution in [2.24, 2.45) is 10.2 Å². The Hall–Kier alpha value is -3.68. The zero-order valence-electron chi connectivity index (χ0n) is 14.4. The molecule has 1 N–H and O–H groups in total. The van der Waals surface area contributed by atoms with E-state index in [4.69, 9.17) is 0 Å². The van der Waals surface area contributed by atoms with E-state index in [1.165, 1.54) is 12.1 Å². The average Bonchev–Trinajstić information content (AvgIpc) is 2.67. The molecule has 0 radical (unpaired) electrons. The number of hydrogen-bond acceptors (Lipinski definition) is 4. The summed E-state index contributed by atoms with van der Waals surface area (Å²) in [6, 6.07) is 20.6. The van der Waals surface area contributed by atoms with E-state index in [-0.39, 0.29) is 5.56 Å². The quantitative estimate of drug-likeness (QED) is 0.528. The Kier molecular flexibility index (Phi) is 5.69. The van der Waals surface area contributed by atoms with Crippen LogP contribution in [0.3, 0.4) is 0 Å². The largest absolute Gasteiger partial charge is 0.573 e. The lowest BCUT2D eigenvalue weighted by Crippen LogP contribution is -2.17. The van der Waals surface area contributed by atoms with Gasteiger partial charge in [0.15, 0.2) is 0 Å². The van der Waals surface area contributed by atoms with Gasteiger partial charge in [-0.2, -0.15) is 10.2 Å². The molecule has 3 aromatic carbocycles. The predicted molar refractivity (Wildman–Crippen MR) is 98.1 cm³/mol. The van der Waals surface area contributed by atoms with Gasteiger partial charge in [-0.25, -0.2) is 0 Å². The van der Waals surface area contributed by atoms with Gasteiger partial charge in [0.2, 0.25) is 0 Å². The van der Waals surface area contributed by atoms with Crippen LogP contribution in [-0.4, -0.2) is 12.3 Å². The van der Waals surface area contributed by atoms with Crippen molar-refractivity contribution in [3.63, 3.8) is 0 Å². The van der Waals surface area contributed by atoms with E-state index >= 15 is 0 Å². The molecule has 3 aromatic rings. The molecule has 0 aliphatic carbocycles. The second-order valence-corrected chi connectivity index (χ2v) is 5.61. The van der Waals surface area contributed by atoms with Crippen molar-refractivity contribution < 1.29 is 22.7 Å². The number of rotatable bonds is 5. The van der Waals surface area contributed by atoms with Crippen LogP contribution in [0, 0.1) is 0 Å². The number of alkyl halides is 3. The highest BCUT2D eigenvalue weighted by molar-refractivity contribution is 6.04. The van der Waals surface area contributed by atoms with Gasteiger partial charge in [-0.3, -0.25) is 4.79 Å². The number of nitrogens with zero attached hydrogens (tertiary/aromatic N) is 2. The number of azo groups is 1. The number of ether oxygens (including phenoxy) is 1. The topological polar surface area (TPSA) is 63.0 Å². The van der Waals surface area contributed by atoms with E-state index in [9.17, 15) is 18.0 Å². The highest BCUT2D eigenvalue weighted by atomic mass is 19.4. The SMILES string of the molecule is O=C(Nc1ccc(N=Nc2ccccc2)cc1)c1ccc(OC(F)(F)F)cc1. The minimum absolute atomic E-state index is 0.197. The van der Waals surface area contributed by atoms with E-state index in [1.54, 1.807) is 24.3 Å². The highest BCUT2D eigenvalue weighted by Gasteiger charge is 2.31. The Morgan fingerprint density at radius 2 is 1.36 bits per heavy atom. The third-order valence-electron chi connectivity index (χ3n) is 3.51. The van der Waals surface area contributed by atoms with Crippen LogP contribution in [0.1, 0.15) is 10.4 Å². The number of nitrogens with one attached hydrogen (secondary N) is 1. The fourth-order valence-electron chi connectivity index (χ4n) is 2.23. The van der Waals surface area contributed by atoms with E-state index in [0.717, 1.165) is 17.8 Å². The minimum atomic E-state index is -4.77. The number of hydrogen-bond donors (Lipinski definition) is 1. The molecule has 0 bridgehead atoms.